The third-order valence-electron chi connectivity index (χ3n) is 4.91. The van der Waals surface area contributed by atoms with E-state index < -0.39 is 11.7 Å². The number of halogens is 1. The van der Waals surface area contributed by atoms with Crippen LogP contribution in [0.1, 0.15) is 36.9 Å². The zero-order valence-corrected chi connectivity index (χ0v) is 14.2. The molecular weight excluding hydrogens is 321 g/mol. The quantitative estimate of drug-likeness (QED) is 0.892. The van der Waals surface area contributed by atoms with Gasteiger partial charge in [0.05, 0.1) is 6.04 Å². The summed E-state index contributed by atoms with van der Waals surface area (Å²) >= 11 is 0. The van der Waals surface area contributed by atoms with Gasteiger partial charge in [0.15, 0.2) is 0 Å². The number of ether oxygens (including phenoxy) is 1. The highest BCUT2D eigenvalue weighted by molar-refractivity contribution is 5.70. The maximum atomic E-state index is 13.2. The van der Waals surface area contributed by atoms with Gasteiger partial charge in [-0.1, -0.05) is 42.5 Å². The molecule has 5 heteroatoms. The van der Waals surface area contributed by atoms with Gasteiger partial charge in [-0.15, -0.1) is 0 Å². The minimum atomic E-state index is -0.910. The van der Waals surface area contributed by atoms with Crippen LogP contribution in [0.2, 0.25) is 0 Å². The zero-order valence-electron chi connectivity index (χ0n) is 14.2. The Balaban J connectivity index is 1.82. The number of carbonyl (C=O) groups excluding carboxylic acids is 1. The Kier molecular flexibility index (Phi) is 5.04. The Morgan fingerprint density at radius 3 is 2.48 bits per heavy atom. The predicted molar refractivity (Wildman–Crippen MR) is 92.4 cm³/mol. The van der Waals surface area contributed by atoms with Crippen molar-refractivity contribution in [1.29, 1.82) is 0 Å². The SMILES string of the molecule is CC(c1ccccc1)N1CCC(CCO)(c2ccc(F)cc2)OC1=O. The number of carbonyl (C=O) groups is 1. The summed E-state index contributed by atoms with van der Waals surface area (Å²) in [5, 5.41) is 9.46. The fraction of sp³-hybridized carbons (Fsp3) is 0.350. The van der Waals surface area contributed by atoms with E-state index >= 15 is 0 Å². The van der Waals surface area contributed by atoms with E-state index in [1.54, 1.807) is 17.0 Å². The standard InChI is InChI=1S/C20H22FNO3/c1-15(16-5-3-2-4-6-16)22-13-11-20(12-14-23,25-19(22)24)17-7-9-18(21)10-8-17/h2-10,15,23H,11-14H2,1H3. The van der Waals surface area contributed by atoms with Crippen LogP contribution in [0.3, 0.4) is 0 Å². The van der Waals surface area contributed by atoms with Gasteiger partial charge in [0.2, 0.25) is 0 Å². The summed E-state index contributed by atoms with van der Waals surface area (Å²) in [6.07, 6.45) is 0.417. The molecule has 0 bridgehead atoms. The average molecular weight is 343 g/mol. The van der Waals surface area contributed by atoms with Gasteiger partial charge in [-0.05, 0) is 30.2 Å². The zero-order chi connectivity index (χ0) is 17.9. The van der Waals surface area contributed by atoms with Crippen LogP contribution in [0, 0.1) is 5.82 Å². The van der Waals surface area contributed by atoms with E-state index in [0.29, 0.717) is 18.5 Å². The van der Waals surface area contributed by atoms with Gasteiger partial charge < -0.3 is 14.7 Å². The fourth-order valence-corrected chi connectivity index (χ4v) is 3.39. The number of rotatable bonds is 5. The number of nitrogens with zero attached hydrogens (tertiary/aromatic N) is 1. The minimum absolute atomic E-state index is 0.103. The molecular formula is C20H22FNO3. The topological polar surface area (TPSA) is 49.8 Å². The van der Waals surface area contributed by atoms with Crippen molar-refractivity contribution in [3.63, 3.8) is 0 Å². The molecule has 0 aliphatic carbocycles. The summed E-state index contributed by atoms with van der Waals surface area (Å²) in [5.41, 5.74) is 0.839. The molecule has 0 aromatic heterocycles. The molecule has 1 N–H and O–H groups in total. The monoisotopic (exact) mass is 343 g/mol. The van der Waals surface area contributed by atoms with E-state index in [4.69, 9.17) is 4.74 Å². The number of amides is 1. The van der Waals surface area contributed by atoms with Crippen LogP contribution in [0.25, 0.3) is 0 Å². The summed E-state index contributed by atoms with van der Waals surface area (Å²) in [6, 6.07) is 15.6. The number of hydrogen-bond acceptors (Lipinski definition) is 3. The molecule has 0 radical (unpaired) electrons. The van der Waals surface area contributed by atoms with Crippen LogP contribution in [0.15, 0.2) is 54.6 Å². The molecule has 0 spiro atoms. The number of aliphatic hydroxyl groups is 1. The van der Waals surface area contributed by atoms with Gasteiger partial charge in [0.25, 0.3) is 0 Å². The molecule has 1 amide bonds. The summed E-state index contributed by atoms with van der Waals surface area (Å²) in [6.45, 7) is 2.36. The third kappa shape index (κ3) is 3.51. The maximum absolute atomic E-state index is 13.2. The van der Waals surface area contributed by atoms with Gasteiger partial charge in [-0.3, -0.25) is 0 Å². The van der Waals surface area contributed by atoms with Crippen LogP contribution in [-0.4, -0.2) is 29.3 Å². The molecule has 2 aromatic carbocycles. The largest absolute Gasteiger partial charge is 0.438 e. The molecule has 3 rings (SSSR count). The molecule has 1 fully saturated rings. The molecule has 1 aliphatic heterocycles. The Morgan fingerprint density at radius 1 is 1.20 bits per heavy atom. The summed E-state index contributed by atoms with van der Waals surface area (Å²) in [7, 11) is 0. The lowest BCUT2D eigenvalue weighted by Crippen LogP contribution is -2.49. The first-order valence-corrected chi connectivity index (χ1v) is 8.47. The van der Waals surface area contributed by atoms with Crippen molar-refractivity contribution in [2.75, 3.05) is 13.2 Å². The Hall–Kier alpha value is -2.40. The summed E-state index contributed by atoms with van der Waals surface area (Å²) in [4.78, 5) is 14.4. The van der Waals surface area contributed by atoms with Gasteiger partial charge in [-0.2, -0.15) is 0 Å². The molecule has 4 nitrogen and oxygen atoms in total. The summed E-state index contributed by atoms with van der Waals surface area (Å²) < 4.78 is 19.0. The van der Waals surface area contributed by atoms with Crippen molar-refractivity contribution in [3.05, 3.63) is 71.5 Å². The molecule has 2 unspecified atom stereocenters. The first-order valence-electron chi connectivity index (χ1n) is 8.47. The molecule has 132 valence electrons. The maximum Gasteiger partial charge on any atom is 0.411 e. The van der Waals surface area contributed by atoms with Crippen LogP contribution in [0.4, 0.5) is 9.18 Å². The van der Waals surface area contributed by atoms with E-state index in [0.717, 1.165) is 5.56 Å². The molecule has 0 saturated carbocycles. The molecule has 25 heavy (non-hydrogen) atoms. The van der Waals surface area contributed by atoms with E-state index in [1.807, 2.05) is 37.3 Å². The second-order valence-corrected chi connectivity index (χ2v) is 6.37. The second-order valence-electron chi connectivity index (χ2n) is 6.37. The molecule has 1 aliphatic rings. The van der Waals surface area contributed by atoms with E-state index in [9.17, 15) is 14.3 Å². The third-order valence-corrected chi connectivity index (χ3v) is 4.91. The Bertz CT molecular complexity index is 719. The lowest BCUT2D eigenvalue weighted by molar-refractivity contribution is -0.0718. The highest BCUT2D eigenvalue weighted by Crippen LogP contribution is 2.39. The van der Waals surface area contributed by atoms with Gasteiger partial charge >= 0.3 is 6.09 Å². The predicted octanol–water partition coefficient (Wildman–Crippen LogP) is 4.01. The van der Waals surface area contributed by atoms with Gasteiger partial charge in [0.1, 0.15) is 11.4 Å². The smallest absolute Gasteiger partial charge is 0.411 e. The van der Waals surface area contributed by atoms with Crippen LogP contribution in [0.5, 0.6) is 0 Å². The normalized spacial score (nSPS) is 21.7. The highest BCUT2D eigenvalue weighted by Gasteiger charge is 2.43. The highest BCUT2D eigenvalue weighted by atomic mass is 19.1. The van der Waals surface area contributed by atoms with Crippen molar-refractivity contribution in [3.8, 4) is 0 Å². The summed E-state index contributed by atoms with van der Waals surface area (Å²) in [5.74, 6) is -0.343. The van der Waals surface area contributed by atoms with Crippen molar-refractivity contribution in [1.82, 2.24) is 4.90 Å². The van der Waals surface area contributed by atoms with E-state index in [2.05, 4.69) is 0 Å². The first kappa shape index (κ1) is 17.4. The average Bonchev–Trinajstić information content (AvgIpc) is 2.63. The second kappa shape index (κ2) is 7.23. The number of cyclic esters (lactones) is 1. The fourth-order valence-electron chi connectivity index (χ4n) is 3.39. The number of benzene rings is 2. The Labute approximate surface area is 146 Å². The van der Waals surface area contributed by atoms with Crippen LogP contribution in [-0.2, 0) is 10.3 Å². The first-order chi connectivity index (χ1) is 12.1. The lowest BCUT2D eigenvalue weighted by atomic mass is 9.85. The number of hydrogen-bond donors (Lipinski definition) is 1. The van der Waals surface area contributed by atoms with E-state index in [-0.39, 0.29) is 24.9 Å². The van der Waals surface area contributed by atoms with Crippen LogP contribution < -0.4 is 0 Å². The van der Waals surface area contributed by atoms with Gasteiger partial charge in [0, 0.05) is 26.0 Å². The molecule has 2 atom stereocenters. The molecule has 1 saturated heterocycles. The lowest BCUT2D eigenvalue weighted by Gasteiger charge is -2.43. The van der Waals surface area contributed by atoms with Crippen molar-refractivity contribution >= 4 is 6.09 Å². The van der Waals surface area contributed by atoms with Crippen molar-refractivity contribution in [2.24, 2.45) is 0 Å². The minimum Gasteiger partial charge on any atom is -0.438 e. The van der Waals surface area contributed by atoms with Gasteiger partial charge in [-0.25, -0.2) is 9.18 Å². The van der Waals surface area contributed by atoms with Crippen molar-refractivity contribution in [2.45, 2.75) is 31.4 Å². The van der Waals surface area contributed by atoms with Crippen LogP contribution >= 0.6 is 0 Å². The number of aliphatic hydroxyl groups excluding tert-OH is 1. The molecule has 1 heterocycles. The Morgan fingerprint density at radius 2 is 1.88 bits per heavy atom. The van der Waals surface area contributed by atoms with Crippen molar-refractivity contribution < 1.29 is 19.0 Å². The van der Waals surface area contributed by atoms with E-state index in [1.165, 1.54) is 12.1 Å². The molecule has 2 aromatic rings.